The summed E-state index contributed by atoms with van der Waals surface area (Å²) in [5.74, 6) is -7.61. The minimum atomic E-state index is -2.79. The molecule has 1 fully saturated rings. The summed E-state index contributed by atoms with van der Waals surface area (Å²) in [5, 5.41) is 8.79. The number of carboxylic acid groups (broad SMARTS) is 1. The van der Waals surface area contributed by atoms with E-state index in [1.54, 1.807) is 0 Å². The van der Waals surface area contributed by atoms with E-state index in [1.165, 1.54) is 0 Å². The normalized spacial score (nSPS) is 26.4. The molecule has 118 valence electrons. The second-order valence-corrected chi connectivity index (χ2v) is 4.87. The molecular weight excluding hydrogens is 303 g/mol. The first-order valence-corrected chi connectivity index (χ1v) is 6.11. The predicted octanol–water partition coefficient (Wildman–Crippen LogP) is 1.46. The molecule has 1 unspecified atom stereocenters. The molecule has 0 amide bonds. The van der Waals surface area contributed by atoms with Crippen molar-refractivity contribution in [3.8, 4) is 5.75 Å². The highest BCUT2D eigenvalue weighted by Crippen LogP contribution is 2.52. The lowest BCUT2D eigenvalue weighted by Crippen LogP contribution is -2.27. The Balaban J connectivity index is 2.42. The van der Waals surface area contributed by atoms with Crippen LogP contribution >= 0.6 is 0 Å². The van der Waals surface area contributed by atoms with Crippen LogP contribution in [0.3, 0.4) is 0 Å². The maximum atomic E-state index is 14.7. The minimum Gasteiger partial charge on any atom is -0.491 e. The van der Waals surface area contributed by atoms with Crippen molar-refractivity contribution in [2.45, 2.75) is 11.7 Å². The van der Waals surface area contributed by atoms with Crippen LogP contribution in [0.4, 0.5) is 13.2 Å². The van der Waals surface area contributed by atoms with E-state index in [-0.39, 0.29) is 0 Å². The van der Waals surface area contributed by atoms with E-state index in [1.807, 2.05) is 0 Å². The maximum absolute atomic E-state index is 14.7. The number of nitrogens with two attached hydrogens (primary N) is 1. The predicted molar refractivity (Wildman–Crippen MR) is 69.3 cm³/mol. The summed E-state index contributed by atoms with van der Waals surface area (Å²) in [6.07, 6.45) is 0. The number of aliphatic carboxylic acids is 1. The van der Waals surface area contributed by atoms with Crippen molar-refractivity contribution in [3.05, 3.63) is 41.5 Å². The largest absolute Gasteiger partial charge is 0.491 e. The number of halogens is 3. The highest BCUT2D eigenvalue weighted by molar-refractivity contribution is 6.08. The Hall–Kier alpha value is -2.35. The van der Waals surface area contributed by atoms with Crippen LogP contribution in [0.15, 0.2) is 24.3 Å². The summed E-state index contributed by atoms with van der Waals surface area (Å²) in [5.41, 5.74) is 1.28. The monoisotopic (exact) mass is 315 g/mol. The number of benzene rings is 1. The third-order valence-corrected chi connectivity index (χ3v) is 3.68. The number of methoxy groups -OCH3 is 1. The molecule has 8 heteroatoms. The molecule has 1 saturated carbocycles. The van der Waals surface area contributed by atoms with Gasteiger partial charge < -0.3 is 15.6 Å². The number of ketones is 1. The van der Waals surface area contributed by atoms with Crippen LogP contribution in [0.2, 0.25) is 0 Å². The number of carboxylic acids is 1. The first-order chi connectivity index (χ1) is 10.2. The van der Waals surface area contributed by atoms with Crippen molar-refractivity contribution in [1.29, 1.82) is 0 Å². The Morgan fingerprint density at radius 3 is 2.50 bits per heavy atom. The molecule has 0 aromatic heterocycles. The Morgan fingerprint density at radius 2 is 2.00 bits per heavy atom. The van der Waals surface area contributed by atoms with Crippen LogP contribution < -0.4 is 10.5 Å². The van der Waals surface area contributed by atoms with Crippen LogP contribution in [0, 0.1) is 17.6 Å². The Kier molecular flexibility index (Phi) is 3.74. The molecule has 0 spiro atoms. The fraction of sp³-hybridized carbons (Fsp3) is 0.286. The van der Waals surface area contributed by atoms with Gasteiger partial charge in [0.15, 0.2) is 23.1 Å². The molecule has 0 heterocycles. The molecule has 0 radical (unpaired) electrons. The van der Waals surface area contributed by atoms with E-state index in [0.717, 1.165) is 19.2 Å². The van der Waals surface area contributed by atoms with Gasteiger partial charge in [0.05, 0.1) is 24.6 Å². The lowest BCUT2D eigenvalue weighted by atomic mass is 10.0. The summed E-state index contributed by atoms with van der Waals surface area (Å²) < 4.78 is 46.5. The second kappa shape index (κ2) is 5.13. The molecule has 3 N–H and O–H groups in total. The van der Waals surface area contributed by atoms with Crippen molar-refractivity contribution in [2.75, 3.05) is 7.11 Å². The SMILES string of the molecule is C=C(C(=O)O)C1[C@@H](N)[C@]1(F)C(=O)c1ccc(F)c(OC)c1F. The van der Waals surface area contributed by atoms with E-state index >= 15 is 0 Å². The van der Waals surface area contributed by atoms with Crippen molar-refractivity contribution >= 4 is 11.8 Å². The smallest absolute Gasteiger partial charge is 0.331 e. The van der Waals surface area contributed by atoms with Gasteiger partial charge >= 0.3 is 5.97 Å². The Labute approximate surface area is 123 Å². The first kappa shape index (κ1) is 16.0. The highest BCUT2D eigenvalue weighted by Gasteiger charge is 2.71. The van der Waals surface area contributed by atoms with Gasteiger partial charge in [-0.3, -0.25) is 4.79 Å². The van der Waals surface area contributed by atoms with E-state index < -0.39 is 57.9 Å². The van der Waals surface area contributed by atoms with Crippen molar-refractivity contribution in [3.63, 3.8) is 0 Å². The third kappa shape index (κ3) is 2.07. The highest BCUT2D eigenvalue weighted by atomic mass is 19.1. The van der Waals surface area contributed by atoms with Gasteiger partial charge in [-0.1, -0.05) is 6.58 Å². The maximum Gasteiger partial charge on any atom is 0.331 e. The lowest BCUT2D eigenvalue weighted by molar-refractivity contribution is -0.133. The molecular formula is C14H12F3NO4. The minimum absolute atomic E-state index is 0.585. The van der Waals surface area contributed by atoms with Crippen LogP contribution in [0.5, 0.6) is 5.75 Å². The number of Topliss-reactive ketones (excluding diaryl/α,β-unsaturated/α-hetero) is 1. The first-order valence-electron chi connectivity index (χ1n) is 6.11. The number of ether oxygens (including phenoxy) is 1. The fourth-order valence-corrected chi connectivity index (χ4v) is 2.38. The van der Waals surface area contributed by atoms with Gasteiger partial charge in [-0.15, -0.1) is 0 Å². The van der Waals surface area contributed by atoms with Crippen LogP contribution in [-0.2, 0) is 4.79 Å². The number of carbonyl (C=O) groups excluding carboxylic acids is 1. The topological polar surface area (TPSA) is 89.6 Å². The molecule has 0 saturated heterocycles. The van der Waals surface area contributed by atoms with Crippen LogP contribution in [0.1, 0.15) is 10.4 Å². The third-order valence-electron chi connectivity index (χ3n) is 3.68. The van der Waals surface area contributed by atoms with Crippen molar-refractivity contribution in [1.82, 2.24) is 0 Å². The molecule has 5 nitrogen and oxygen atoms in total. The molecule has 0 bridgehead atoms. The van der Waals surface area contributed by atoms with Gasteiger partial charge in [-0.25, -0.2) is 18.0 Å². The molecule has 0 aliphatic heterocycles. The van der Waals surface area contributed by atoms with Crippen molar-refractivity contribution in [2.24, 2.45) is 11.7 Å². The molecule has 1 aliphatic rings. The lowest BCUT2D eigenvalue weighted by Gasteiger charge is -2.11. The van der Waals surface area contributed by atoms with Gasteiger partial charge in [-0.05, 0) is 12.1 Å². The zero-order valence-electron chi connectivity index (χ0n) is 11.4. The second-order valence-electron chi connectivity index (χ2n) is 4.87. The number of rotatable bonds is 5. The number of carbonyl (C=O) groups is 2. The molecule has 1 aromatic rings. The summed E-state index contributed by atoms with van der Waals surface area (Å²) in [6, 6.07) is 0.0367. The summed E-state index contributed by atoms with van der Waals surface area (Å²) in [7, 11) is 0.985. The van der Waals surface area contributed by atoms with Gasteiger partial charge in [-0.2, -0.15) is 0 Å². The van der Waals surface area contributed by atoms with E-state index in [4.69, 9.17) is 10.8 Å². The van der Waals surface area contributed by atoms with Crippen molar-refractivity contribution < 1.29 is 32.6 Å². The van der Waals surface area contributed by atoms with Crippen LogP contribution in [-0.4, -0.2) is 35.7 Å². The zero-order valence-corrected chi connectivity index (χ0v) is 11.4. The van der Waals surface area contributed by atoms with E-state index in [2.05, 4.69) is 11.3 Å². The average molecular weight is 315 g/mol. The fourth-order valence-electron chi connectivity index (χ4n) is 2.38. The number of hydrogen-bond acceptors (Lipinski definition) is 4. The molecule has 1 aliphatic carbocycles. The molecule has 1 aromatic carbocycles. The summed E-state index contributed by atoms with van der Waals surface area (Å²) >= 11 is 0. The Bertz CT molecular complexity index is 691. The number of hydrogen-bond donors (Lipinski definition) is 2. The van der Waals surface area contributed by atoms with Gasteiger partial charge in [0.25, 0.3) is 0 Å². The van der Waals surface area contributed by atoms with Gasteiger partial charge in [0.1, 0.15) is 0 Å². The van der Waals surface area contributed by atoms with E-state index in [0.29, 0.717) is 0 Å². The van der Waals surface area contributed by atoms with E-state index in [9.17, 15) is 22.8 Å². The standard InChI is InChI=1S/C14H12F3NO4/c1-5(13(20)21)8-11(18)14(8,17)12(19)6-3-4-7(15)10(22-2)9(6)16/h3-4,8,11H,1,18H2,2H3,(H,20,21)/t8?,11-,14+/m1/s1. The summed E-state index contributed by atoms with van der Waals surface area (Å²) in [6.45, 7) is 3.16. The Morgan fingerprint density at radius 1 is 1.41 bits per heavy atom. The van der Waals surface area contributed by atoms with Gasteiger partial charge in [0, 0.05) is 5.57 Å². The summed E-state index contributed by atoms with van der Waals surface area (Å²) in [4.78, 5) is 23.0. The molecule has 2 rings (SSSR count). The van der Waals surface area contributed by atoms with Crippen LogP contribution in [0.25, 0.3) is 0 Å². The quantitative estimate of drug-likeness (QED) is 0.634. The zero-order chi connectivity index (χ0) is 16.8. The molecule has 22 heavy (non-hydrogen) atoms. The number of alkyl halides is 1. The van der Waals surface area contributed by atoms with Gasteiger partial charge in [0.2, 0.25) is 5.78 Å². The molecule has 3 atom stereocenters. The average Bonchev–Trinajstić information content (AvgIpc) is 3.01.